The highest BCUT2D eigenvalue weighted by Gasteiger charge is 2.15. The highest BCUT2D eigenvalue weighted by Crippen LogP contribution is 2.22. The molecule has 0 radical (unpaired) electrons. The number of hydrogen-bond acceptors (Lipinski definition) is 7. The number of furan rings is 1. The van der Waals surface area contributed by atoms with Crippen LogP contribution in [0.25, 0.3) is 11.0 Å². The third-order valence-electron chi connectivity index (χ3n) is 5.62. The summed E-state index contributed by atoms with van der Waals surface area (Å²) in [4.78, 5) is 11.5. The Morgan fingerprint density at radius 3 is 2.15 bits per heavy atom. The van der Waals surface area contributed by atoms with E-state index < -0.39 is 11.7 Å². The Balaban J connectivity index is 1.17. The van der Waals surface area contributed by atoms with Gasteiger partial charge in [0, 0.05) is 31.4 Å². The minimum Gasteiger partial charge on any atom is -0.461 e. The molecule has 1 aromatic heterocycles. The molecule has 0 aliphatic heterocycles. The largest absolute Gasteiger partial charge is 0.461 e. The standard InChI is InChI=1S/C30H41FN2O6/c1-30(2,3)39-29(34)33-13-15-36-17-19-37-18-16-35-14-12-32-22-24-4-8-25-21-27(38-28(25)20-24)11-7-23-5-9-26(31)10-6-23/h4-6,8-10,20-21,32H,7,11-19,22H2,1-3H3,(H,33,34). The minimum absolute atomic E-state index is 0.217. The summed E-state index contributed by atoms with van der Waals surface area (Å²) in [6, 6.07) is 14.9. The lowest BCUT2D eigenvalue weighted by molar-refractivity contribution is 0.0145. The second kappa shape index (κ2) is 16.2. The fraction of sp³-hybridized carbons (Fsp3) is 0.500. The first-order valence-electron chi connectivity index (χ1n) is 13.4. The van der Waals surface area contributed by atoms with Gasteiger partial charge in [-0.1, -0.05) is 24.3 Å². The number of carbonyl (C=O) groups is 1. The molecule has 0 aliphatic rings. The molecule has 3 rings (SSSR count). The average Bonchev–Trinajstić information content (AvgIpc) is 3.30. The zero-order valence-corrected chi connectivity index (χ0v) is 23.2. The SMILES string of the molecule is CC(C)(C)OC(=O)NCCOCCOCCOCCNCc1ccc2cc(CCc3ccc(F)cc3)oc2c1. The van der Waals surface area contributed by atoms with E-state index in [9.17, 15) is 9.18 Å². The topological polar surface area (TPSA) is 91.2 Å². The Bertz CT molecular complexity index is 1130. The van der Waals surface area contributed by atoms with Crippen LogP contribution in [-0.2, 0) is 38.3 Å². The smallest absolute Gasteiger partial charge is 0.407 e. The third-order valence-corrected chi connectivity index (χ3v) is 5.62. The second-order valence-electron chi connectivity index (χ2n) is 10.2. The fourth-order valence-corrected chi connectivity index (χ4v) is 3.74. The lowest BCUT2D eigenvalue weighted by atomic mass is 10.1. The maximum absolute atomic E-state index is 13.1. The molecule has 9 heteroatoms. The maximum Gasteiger partial charge on any atom is 0.407 e. The summed E-state index contributed by atoms with van der Waals surface area (Å²) in [5.74, 6) is 0.711. The van der Waals surface area contributed by atoms with E-state index in [1.54, 1.807) is 0 Å². The molecule has 0 saturated carbocycles. The van der Waals surface area contributed by atoms with Crippen LogP contribution in [0.15, 0.2) is 52.9 Å². The van der Waals surface area contributed by atoms with Gasteiger partial charge in [0.05, 0.1) is 39.6 Å². The first-order valence-corrected chi connectivity index (χ1v) is 13.4. The number of halogens is 1. The molecule has 39 heavy (non-hydrogen) atoms. The number of ether oxygens (including phenoxy) is 4. The number of benzene rings is 2. The van der Waals surface area contributed by atoms with Gasteiger partial charge in [0.1, 0.15) is 22.8 Å². The van der Waals surface area contributed by atoms with Gasteiger partial charge in [-0.3, -0.25) is 0 Å². The molecule has 0 saturated heterocycles. The monoisotopic (exact) mass is 544 g/mol. The molecule has 0 bridgehead atoms. The molecule has 0 spiro atoms. The van der Waals surface area contributed by atoms with Crippen molar-refractivity contribution in [1.29, 1.82) is 0 Å². The molecule has 3 aromatic rings. The molecule has 2 aromatic carbocycles. The normalized spacial score (nSPS) is 11.7. The summed E-state index contributed by atoms with van der Waals surface area (Å²) in [6.45, 7) is 10.2. The summed E-state index contributed by atoms with van der Waals surface area (Å²) in [5.41, 5.74) is 2.60. The van der Waals surface area contributed by atoms with E-state index in [0.29, 0.717) is 46.2 Å². The van der Waals surface area contributed by atoms with Crippen LogP contribution in [0.1, 0.15) is 37.7 Å². The van der Waals surface area contributed by atoms with Crippen molar-refractivity contribution in [3.8, 4) is 0 Å². The van der Waals surface area contributed by atoms with Gasteiger partial charge in [-0.2, -0.15) is 0 Å². The first-order chi connectivity index (χ1) is 18.8. The van der Waals surface area contributed by atoms with Crippen LogP contribution in [0.2, 0.25) is 0 Å². The number of fused-ring (bicyclic) bond motifs is 1. The summed E-state index contributed by atoms with van der Waals surface area (Å²) in [7, 11) is 0. The predicted octanol–water partition coefficient (Wildman–Crippen LogP) is 5.02. The van der Waals surface area contributed by atoms with Crippen molar-refractivity contribution >= 4 is 17.1 Å². The van der Waals surface area contributed by atoms with Gasteiger partial charge in [0.25, 0.3) is 0 Å². The summed E-state index contributed by atoms with van der Waals surface area (Å²) < 4.78 is 40.7. The van der Waals surface area contributed by atoms with E-state index in [0.717, 1.165) is 53.8 Å². The van der Waals surface area contributed by atoms with E-state index >= 15 is 0 Å². The van der Waals surface area contributed by atoms with Crippen LogP contribution in [0.5, 0.6) is 0 Å². The van der Waals surface area contributed by atoms with Gasteiger partial charge in [0.2, 0.25) is 0 Å². The lowest BCUT2D eigenvalue weighted by Crippen LogP contribution is -2.34. The summed E-state index contributed by atoms with van der Waals surface area (Å²) >= 11 is 0. The van der Waals surface area contributed by atoms with Crippen LogP contribution in [0, 0.1) is 5.82 Å². The molecule has 1 amide bonds. The van der Waals surface area contributed by atoms with Crippen LogP contribution in [-0.4, -0.2) is 64.4 Å². The lowest BCUT2D eigenvalue weighted by Gasteiger charge is -2.19. The number of aryl methyl sites for hydroxylation is 2. The summed E-state index contributed by atoms with van der Waals surface area (Å²) in [6.07, 6.45) is 1.13. The Morgan fingerprint density at radius 2 is 1.46 bits per heavy atom. The summed E-state index contributed by atoms with van der Waals surface area (Å²) in [5, 5.41) is 7.10. The van der Waals surface area contributed by atoms with Crippen molar-refractivity contribution < 1.29 is 32.5 Å². The van der Waals surface area contributed by atoms with Crippen molar-refractivity contribution in [1.82, 2.24) is 10.6 Å². The average molecular weight is 545 g/mol. The molecule has 0 atom stereocenters. The molecule has 0 fully saturated rings. The van der Waals surface area contributed by atoms with E-state index in [4.69, 9.17) is 23.4 Å². The molecular formula is C30H41FN2O6. The highest BCUT2D eigenvalue weighted by molar-refractivity contribution is 5.78. The Labute approximate surface area is 230 Å². The van der Waals surface area contributed by atoms with Crippen molar-refractivity contribution in [2.24, 2.45) is 0 Å². The van der Waals surface area contributed by atoms with E-state index in [1.807, 2.05) is 32.9 Å². The molecule has 214 valence electrons. The fourth-order valence-electron chi connectivity index (χ4n) is 3.74. The molecule has 8 nitrogen and oxygen atoms in total. The minimum atomic E-state index is -0.508. The van der Waals surface area contributed by atoms with Crippen LogP contribution >= 0.6 is 0 Å². The Kier molecular flexibility index (Phi) is 12.7. The quantitative estimate of drug-likeness (QED) is 0.231. The molecular weight excluding hydrogens is 503 g/mol. The van der Waals surface area contributed by atoms with E-state index in [1.165, 1.54) is 12.1 Å². The van der Waals surface area contributed by atoms with Crippen LogP contribution < -0.4 is 10.6 Å². The van der Waals surface area contributed by atoms with Crippen molar-refractivity contribution in [3.05, 3.63) is 71.2 Å². The van der Waals surface area contributed by atoms with E-state index in [-0.39, 0.29) is 5.82 Å². The van der Waals surface area contributed by atoms with Gasteiger partial charge in [-0.05, 0) is 62.6 Å². The molecule has 2 N–H and O–H groups in total. The number of amides is 1. The zero-order chi connectivity index (χ0) is 27.9. The van der Waals surface area contributed by atoms with Crippen molar-refractivity contribution in [2.45, 2.75) is 45.8 Å². The number of hydrogen-bond donors (Lipinski definition) is 2. The maximum atomic E-state index is 13.1. The van der Waals surface area contributed by atoms with E-state index in [2.05, 4.69) is 34.9 Å². The second-order valence-corrected chi connectivity index (χ2v) is 10.2. The molecule has 0 aliphatic carbocycles. The van der Waals surface area contributed by atoms with Gasteiger partial charge in [0.15, 0.2) is 0 Å². The Hall–Kier alpha value is -2.98. The van der Waals surface area contributed by atoms with Crippen LogP contribution in [0.3, 0.4) is 0 Å². The Morgan fingerprint density at radius 1 is 0.821 bits per heavy atom. The predicted molar refractivity (Wildman–Crippen MR) is 148 cm³/mol. The first kappa shape index (κ1) is 30.6. The van der Waals surface area contributed by atoms with Gasteiger partial charge in [-0.15, -0.1) is 0 Å². The number of carbonyl (C=O) groups excluding carboxylic acids is 1. The molecule has 1 heterocycles. The highest BCUT2D eigenvalue weighted by atomic mass is 19.1. The number of rotatable bonds is 17. The van der Waals surface area contributed by atoms with Gasteiger partial charge < -0.3 is 34.0 Å². The third kappa shape index (κ3) is 12.6. The van der Waals surface area contributed by atoms with Crippen LogP contribution in [0.4, 0.5) is 9.18 Å². The molecule has 0 unspecified atom stereocenters. The number of nitrogens with one attached hydrogen (secondary N) is 2. The van der Waals surface area contributed by atoms with Crippen molar-refractivity contribution in [2.75, 3.05) is 52.7 Å². The van der Waals surface area contributed by atoms with Gasteiger partial charge in [-0.25, -0.2) is 9.18 Å². The zero-order valence-electron chi connectivity index (χ0n) is 23.2. The van der Waals surface area contributed by atoms with Crippen molar-refractivity contribution in [3.63, 3.8) is 0 Å². The van der Waals surface area contributed by atoms with Gasteiger partial charge >= 0.3 is 6.09 Å². The number of alkyl carbamates (subject to hydrolysis) is 1.